The van der Waals surface area contributed by atoms with Crippen molar-refractivity contribution in [1.29, 1.82) is 0 Å². The van der Waals surface area contributed by atoms with Crippen LogP contribution in [0.25, 0.3) is 11.0 Å². The molecule has 1 atom stereocenters. The lowest BCUT2D eigenvalue weighted by Crippen LogP contribution is -2.40. The van der Waals surface area contributed by atoms with Gasteiger partial charge in [-0.25, -0.2) is 8.42 Å². The molecule has 2 heterocycles. The van der Waals surface area contributed by atoms with E-state index in [1.807, 2.05) is 31.2 Å². The number of amides is 1. The smallest absolute Gasteiger partial charge is 0.290 e. The highest BCUT2D eigenvalue weighted by Gasteiger charge is 2.36. The van der Waals surface area contributed by atoms with Crippen LogP contribution in [-0.2, 0) is 16.4 Å². The summed E-state index contributed by atoms with van der Waals surface area (Å²) in [4.78, 5) is 27.4. The molecular weight excluding hydrogens is 430 g/mol. The number of ether oxygens (including phenoxy) is 1. The van der Waals surface area contributed by atoms with E-state index in [2.05, 4.69) is 0 Å². The van der Waals surface area contributed by atoms with Gasteiger partial charge in [-0.05, 0) is 42.7 Å². The number of fused-ring (bicyclic) bond motifs is 1. The molecule has 32 heavy (non-hydrogen) atoms. The van der Waals surface area contributed by atoms with Crippen LogP contribution in [0.15, 0.2) is 63.8 Å². The standard InChI is InChI=1S/C24H25NO6S/c1-2-12-30-19-9-7-17(8-10-19)15-25(18-11-13-32(28,29)16-18)24(27)23-14-21(26)20-5-3-4-6-22(20)31-23/h3-10,14,18H,2,11-13,15-16H2,1H3. The summed E-state index contributed by atoms with van der Waals surface area (Å²) in [6, 6.07) is 14.8. The number of hydrogen-bond acceptors (Lipinski definition) is 6. The second kappa shape index (κ2) is 9.16. The highest BCUT2D eigenvalue weighted by molar-refractivity contribution is 7.91. The zero-order valence-corrected chi connectivity index (χ0v) is 18.6. The molecule has 8 heteroatoms. The van der Waals surface area contributed by atoms with Crippen molar-refractivity contribution in [3.05, 3.63) is 76.1 Å². The lowest BCUT2D eigenvalue weighted by Gasteiger charge is -2.28. The maximum atomic E-state index is 13.4. The first-order valence-electron chi connectivity index (χ1n) is 10.6. The van der Waals surface area contributed by atoms with E-state index >= 15 is 0 Å². The van der Waals surface area contributed by atoms with Gasteiger partial charge in [-0.15, -0.1) is 0 Å². The van der Waals surface area contributed by atoms with Crippen LogP contribution in [0.1, 0.15) is 35.9 Å². The van der Waals surface area contributed by atoms with Crippen LogP contribution in [-0.4, -0.2) is 43.4 Å². The minimum atomic E-state index is -3.21. The van der Waals surface area contributed by atoms with Gasteiger partial charge >= 0.3 is 0 Å². The van der Waals surface area contributed by atoms with Crippen molar-refractivity contribution >= 4 is 26.7 Å². The number of carbonyl (C=O) groups excluding carboxylic acids is 1. The average molecular weight is 456 g/mol. The lowest BCUT2D eigenvalue weighted by atomic mass is 10.1. The predicted octanol–water partition coefficient (Wildman–Crippen LogP) is 3.41. The van der Waals surface area contributed by atoms with Crippen LogP contribution in [0.2, 0.25) is 0 Å². The molecule has 3 aromatic rings. The van der Waals surface area contributed by atoms with Crippen LogP contribution >= 0.6 is 0 Å². The van der Waals surface area contributed by atoms with Gasteiger partial charge in [0.25, 0.3) is 5.91 Å². The number of rotatable bonds is 7. The molecule has 0 bridgehead atoms. The Morgan fingerprint density at radius 1 is 1.16 bits per heavy atom. The Labute approximate surface area is 186 Å². The molecule has 1 aliphatic heterocycles. The molecule has 2 aromatic carbocycles. The zero-order valence-electron chi connectivity index (χ0n) is 17.8. The molecule has 1 aliphatic rings. The third-order valence-corrected chi connectivity index (χ3v) is 7.25. The summed E-state index contributed by atoms with van der Waals surface area (Å²) in [6.07, 6.45) is 1.25. The van der Waals surface area contributed by atoms with Gasteiger partial charge in [0.15, 0.2) is 21.0 Å². The van der Waals surface area contributed by atoms with E-state index in [0.29, 0.717) is 24.0 Å². The third-order valence-electron chi connectivity index (χ3n) is 5.50. The molecule has 168 valence electrons. The Morgan fingerprint density at radius 3 is 2.59 bits per heavy atom. The van der Waals surface area contributed by atoms with Crippen molar-refractivity contribution in [2.45, 2.75) is 32.4 Å². The Balaban J connectivity index is 1.65. The van der Waals surface area contributed by atoms with E-state index in [0.717, 1.165) is 17.7 Å². The molecule has 1 aromatic heterocycles. The van der Waals surface area contributed by atoms with Gasteiger partial charge in [-0.3, -0.25) is 9.59 Å². The molecule has 1 fully saturated rings. The summed E-state index contributed by atoms with van der Waals surface area (Å²) in [5.41, 5.74) is 0.834. The van der Waals surface area contributed by atoms with E-state index in [9.17, 15) is 18.0 Å². The second-order valence-corrected chi connectivity index (χ2v) is 10.2. The normalized spacial score (nSPS) is 17.3. The largest absolute Gasteiger partial charge is 0.494 e. The molecule has 0 saturated carbocycles. The number of benzene rings is 2. The number of para-hydroxylation sites is 1. The first kappa shape index (κ1) is 22.1. The molecule has 0 spiro atoms. The highest BCUT2D eigenvalue weighted by Crippen LogP contribution is 2.24. The van der Waals surface area contributed by atoms with Crippen LogP contribution < -0.4 is 10.2 Å². The zero-order chi connectivity index (χ0) is 22.7. The van der Waals surface area contributed by atoms with Crippen molar-refractivity contribution in [3.8, 4) is 5.75 Å². The van der Waals surface area contributed by atoms with E-state index in [-0.39, 0.29) is 29.2 Å². The van der Waals surface area contributed by atoms with Gasteiger partial charge in [-0.1, -0.05) is 31.2 Å². The van der Waals surface area contributed by atoms with E-state index < -0.39 is 21.8 Å². The minimum Gasteiger partial charge on any atom is -0.494 e. The monoisotopic (exact) mass is 455 g/mol. The molecule has 1 unspecified atom stereocenters. The number of nitrogens with zero attached hydrogens (tertiary/aromatic N) is 1. The number of hydrogen-bond donors (Lipinski definition) is 0. The summed E-state index contributed by atoms with van der Waals surface area (Å²) < 4.78 is 35.5. The predicted molar refractivity (Wildman–Crippen MR) is 122 cm³/mol. The molecule has 0 radical (unpaired) electrons. The van der Waals surface area contributed by atoms with Crippen LogP contribution in [0.3, 0.4) is 0 Å². The summed E-state index contributed by atoms with van der Waals surface area (Å²) in [5.74, 6) is 0.0702. The van der Waals surface area contributed by atoms with Gasteiger partial charge in [0.1, 0.15) is 11.3 Å². The van der Waals surface area contributed by atoms with Crippen LogP contribution in [0.4, 0.5) is 0 Å². The van der Waals surface area contributed by atoms with Crippen molar-refractivity contribution in [2.24, 2.45) is 0 Å². The maximum Gasteiger partial charge on any atom is 0.290 e. The number of sulfone groups is 1. The topological polar surface area (TPSA) is 93.9 Å². The van der Waals surface area contributed by atoms with Crippen LogP contribution in [0, 0.1) is 0 Å². The fourth-order valence-electron chi connectivity index (χ4n) is 3.85. The van der Waals surface area contributed by atoms with Gasteiger partial charge in [0, 0.05) is 18.7 Å². The quantitative estimate of drug-likeness (QED) is 0.542. The Hall–Kier alpha value is -3.13. The lowest BCUT2D eigenvalue weighted by molar-refractivity contribution is 0.0648. The van der Waals surface area contributed by atoms with Gasteiger partial charge in [0.05, 0.1) is 23.5 Å². The highest BCUT2D eigenvalue weighted by atomic mass is 32.2. The van der Waals surface area contributed by atoms with Crippen molar-refractivity contribution in [2.75, 3.05) is 18.1 Å². The summed E-state index contributed by atoms with van der Waals surface area (Å²) in [7, 11) is -3.21. The molecule has 7 nitrogen and oxygen atoms in total. The van der Waals surface area contributed by atoms with Gasteiger partial charge < -0.3 is 14.1 Å². The minimum absolute atomic E-state index is 0.0346. The first-order valence-corrected chi connectivity index (χ1v) is 12.4. The van der Waals surface area contributed by atoms with Crippen molar-refractivity contribution in [1.82, 2.24) is 4.90 Å². The SMILES string of the molecule is CCCOc1ccc(CN(C(=O)c2cc(=O)c3ccccc3o2)C2CCS(=O)(=O)C2)cc1. The second-order valence-electron chi connectivity index (χ2n) is 7.95. The van der Waals surface area contributed by atoms with Gasteiger partial charge in [0.2, 0.25) is 0 Å². The molecule has 0 N–H and O–H groups in total. The summed E-state index contributed by atoms with van der Waals surface area (Å²) >= 11 is 0. The van der Waals surface area contributed by atoms with Crippen LogP contribution in [0.5, 0.6) is 5.75 Å². The fraction of sp³-hybridized carbons (Fsp3) is 0.333. The summed E-state index contributed by atoms with van der Waals surface area (Å²) in [6.45, 7) is 2.84. The molecule has 4 rings (SSSR count). The van der Waals surface area contributed by atoms with E-state index in [1.165, 1.54) is 11.0 Å². The molecular formula is C24H25NO6S. The van der Waals surface area contributed by atoms with Crippen molar-refractivity contribution in [3.63, 3.8) is 0 Å². The van der Waals surface area contributed by atoms with Gasteiger partial charge in [-0.2, -0.15) is 0 Å². The van der Waals surface area contributed by atoms with E-state index in [1.54, 1.807) is 24.3 Å². The van der Waals surface area contributed by atoms with Crippen molar-refractivity contribution < 1.29 is 22.4 Å². The maximum absolute atomic E-state index is 13.4. The first-order chi connectivity index (χ1) is 15.4. The molecule has 1 saturated heterocycles. The Morgan fingerprint density at radius 2 is 1.91 bits per heavy atom. The Bertz CT molecular complexity index is 1280. The molecule has 0 aliphatic carbocycles. The number of carbonyl (C=O) groups is 1. The van der Waals surface area contributed by atoms with E-state index in [4.69, 9.17) is 9.15 Å². The molecule has 1 amide bonds. The third kappa shape index (κ3) is 4.85. The fourth-order valence-corrected chi connectivity index (χ4v) is 5.58. The average Bonchev–Trinajstić information content (AvgIpc) is 3.15. The summed E-state index contributed by atoms with van der Waals surface area (Å²) in [5, 5.41) is 0.390. The Kier molecular flexibility index (Phi) is 6.32.